The maximum Gasteiger partial charge on any atom is 0.419 e. The molecule has 0 aromatic heterocycles. The van der Waals surface area contributed by atoms with Gasteiger partial charge in [0.15, 0.2) is 9.84 Å². The summed E-state index contributed by atoms with van der Waals surface area (Å²) in [6.45, 7) is 2.50. The zero-order valence-corrected chi connectivity index (χ0v) is 19.4. The molecule has 1 fully saturated rings. The van der Waals surface area contributed by atoms with Crippen molar-refractivity contribution in [2.45, 2.75) is 43.5 Å². The summed E-state index contributed by atoms with van der Waals surface area (Å²) in [5.74, 6) is -1.27. The van der Waals surface area contributed by atoms with Gasteiger partial charge in [-0.25, -0.2) is 8.42 Å². The molecule has 0 spiro atoms. The molecule has 1 saturated heterocycles. The monoisotopic (exact) mass is 504 g/mol. The lowest BCUT2D eigenvalue weighted by atomic mass is 10.1. The molecule has 3 rings (SSSR count). The number of nitrogens with one attached hydrogen (secondary N) is 2. The second-order valence-electron chi connectivity index (χ2n) is 7.63. The maximum atomic E-state index is 13.7. The molecule has 180 valence electrons. The molecule has 2 aromatic carbocycles. The Hall–Kier alpha value is -2.30. The minimum absolute atomic E-state index is 0.00974. The van der Waals surface area contributed by atoms with Crippen LogP contribution in [0.3, 0.4) is 0 Å². The third kappa shape index (κ3) is 6.39. The van der Waals surface area contributed by atoms with E-state index in [9.17, 15) is 26.4 Å². The highest BCUT2D eigenvalue weighted by molar-refractivity contribution is 7.91. The number of halogens is 4. The van der Waals surface area contributed by atoms with Gasteiger partial charge in [-0.2, -0.15) is 13.2 Å². The Balaban J connectivity index is 1.81. The van der Waals surface area contributed by atoms with Gasteiger partial charge >= 0.3 is 6.18 Å². The third-order valence-electron chi connectivity index (χ3n) is 5.27. The first-order valence-electron chi connectivity index (χ1n) is 10.4. The molecule has 0 aliphatic carbocycles. The van der Waals surface area contributed by atoms with Gasteiger partial charge in [-0.05, 0) is 61.3 Å². The van der Waals surface area contributed by atoms with Crippen LogP contribution >= 0.6 is 11.6 Å². The molecular formula is C22H24ClF3N2O4S. The summed E-state index contributed by atoms with van der Waals surface area (Å²) in [5.41, 5.74) is -1.02. The minimum Gasteiger partial charge on any atom is -0.488 e. The number of ether oxygens (including phenoxy) is 1. The number of hydrogen-bond donors (Lipinski definition) is 2. The van der Waals surface area contributed by atoms with Crippen LogP contribution in [-0.2, 0) is 22.6 Å². The van der Waals surface area contributed by atoms with Crippen molar-refractivity contribution in [3.63, 3.8) is 0 Å². The Bertz CT molecular complexity index is 1120. The summed E-state index contributed by atoms with van der Waals surface area (Å²) in [4.78, 5) is 12.6. The highest BCUT2D eigenvalue weighted by Gasteiger charge is 2.36. The standard InChI is InChI=1S/C22H24ClF3N2O4S/c1-2-33(30,31)20-8-6-16(23)10-15(20)12-28-21(29)14-5-7-19(18(11-14)22(24,25)26)32-17-4-3-9-27-13-17/h5-8,10-11,17,27H,2-4,9,12-13H2,1H3,(H,28,29). The molecule has 1 atom stereocenters. The molecule has 33 heavy (non-hydrogen) atoms. The molecule has 1 unspecified atom stereocenters. The Morgan fingerprint density at radius 2 is 2.00 bits per heavy atom. The first kappa shape index (κ1) is 25.3. The van der Waals surface area contributed by atoms with Gasteiger partial charge in [0.05, 0.1) is 16.2 Å². The first-order chi connectivity index (χ1) is 15.5. The largest absolute Gasteiger partial charge is 0.488 e. The van der Waals surface area contributed by atoms with Crippen LogP contribution in [0.15, 0.2) is 41.3 Å². The van der Waals surface area contributed by atoms with Crippen molar-refractivity contribution in [2.75, 3.05) is 18.8 Å². The van der Waals surface area contributed by atoms with E-state index >= 15 is 0 Å². The molecule has 1 aliphatic rings. The van der Waals surface area contributed by atoms with Gasteiger partial charge in [0, 0.05) is 23.7 Å². The zero-order valence-electron chi connectivity index (χ0n) is 17.8. The molecule has 1 aliphatic heterocycles. The number of alkyl halides is 3. The number of carbonyl (C=O) groups excluding carboxylic acids is 1. The fourth-order valence-corrected chi connectivity index (χ4v) is 4.83. The van der Waals surface area contributed by atoms with Gasteiger partial charge in [-0.15, -0.1) is 0 Å². The normalized spacial score (nSPS) is 16.9. The molecule has 0 bridgehead atoms. The fourth-order valence-electron chi connectivity index (χ4n) is 3.52. The van der Waals surface area contributed by atoms with Crippen LogP contribution in [0, 0.1) is 0 Å². The van der Waals surface area contributed by atoms with Gasteiger partial charge in [-0.3, -0.25) is 4.79 Å². The molecule has 6 nitrogen and oxygen atoms in total. The van der Waals surface area contributed by atoms with Crippen LogP contribution in [0.2, 0.25) is 5.02 Å². The number of rotatable bonds is 7. The van der Waals surface area contributed by atoms with Crippen LogP contribution in [0.1, 0.15) is 41.3 Å². The average molecular weight is 505 g/mol. The van der Waals surface area contributed by atoms with E-state index in [0.717, 1.165) is 25.1 Å². The van der Waals surface area contributed by atoms with E-state index in [1.165, 1.54) is 31.2 Å². The van der Waals surface area contributed by atoms with Crippen LogP contribution < -0.4 is 15.4 Å². The van der Waals surface area contributed by atoms with Crippen molar-refractivity contribution in [1.29, 1.82) is 0 Å². The molecule has 2 N–H and O–H groups in total. The maximum absolute atomic E-state index is 13.7. The Morgan fingerprint density at radius 3 is 2.64 bits per heavy atom. The number of sulfone groups is 1. The highest BCUT2D eigenvalue weighted by Crippen LogP contribution is 2.37. The summed E-state index contributed by atoms with van der Waals surface area (Å²) >= 11 is 5.96. The summed E-state index contributed by atoms with van der Waals surface area (Å²) < 4.78 is 71.1. The topological polar surface area (TPSA) is 84.5 Å². The van der Waals surface area contributed by atoms with Gasteiger partial charge in [0.1, 0.15) is 11.9 Å². The Labute approximate surface area is 195 Å². The molecule has 2 aromatic rings. The fraction of sp³-hybridized carbons (Fsp3) is 0.409. The smallest absolute Gasteiger partial charge is 0.419 e. The molecule has 11 heteroatoms. The molecule has 0 saturated carbocycles. The van der Waals surface area contributed by atoms with E-state index in [1.807, 2.05) is 0 Å². The molecule has 1 heterocycles. The quantitative estimate of drug-likeness (QED) is 0.590. The lowest BCUT2D eigenvalue weighted by Crippen LogP contribution is -2.37. The highest BCUT2D eigenvalue weighted by atomic mass is 35.5. The predicted molar refractivity (Wildman–Crippen MR) is 118 cm³/mol. The van der Waals surface area contributed by atoms with E-state index in [-0.39, 0.29) is 45.2 Å². The van der Waals surface area contributed by atoms with Crippen molar-refractivity contribution in [1.82, 2.24) is 10.6 Å². The lowest BCUT2D eigenvalue weighted by molar-refractivity contribution is -0.139. The van der Waals surface area contributed by atoms with Crippen LogP contribution in [0.25, 0.3) is 0 Å². The number of piperidine rings is 1. The van der Waals surface area contributed by atoms with E-state index in [0.29, 0.717) is 13.0 Å². The second-order valence-corrected chi connectivity index (χ2v) is 10.3. The molecule has 1 amide bonds. The molecule has 0 radical (unpaired) electrons. The lowest BCUT2D eigenvalue weighted by Gasteiger charge is -2.25. The van der Waals surface area contributed by atoms with E-state index < -0.39 is 27.5 Å². The summed E-state index contributed by atoms with van der Waals surface area (Å²) in [6, 6.07) is 7.29. The van der Waals surface area contributed by atoms with Crippen molar-refractivity contribution >= 4 is 27.3 Å². The van der Waals surface area contributed by atoms with E-state index in [2.05, 4.69) is 10.6 Å². The molecular weight excluding hydrogens is 481 g/mol. The number of carbonyl (C=O) groups is 1. The third-order valence-corrected chi connectivity index (χ3v) is 7.33. The van der Waals surface area contributed by atoms with Crippen molar-refractivity contribution < 1.29 is 31.1 Å². The second kappa shape index (κ2) is 10.3. The summed E-state index contributed by atoms with van der Waals surface area (Å²) in [6.07, 6.45) is -3.68. The van der Waals surface area contributed by atoms with Gasteiger partial charge < -0.3 is 15.4 Å². The predicted octanol–water partition coefficient (Wildman–Crippen LogP) is 4.21. The van der Waals surface area contributed by atoms with Crippen LogP contribution in [-0.4, -0.2) is 39.3 Å². The Morgan fingerprint density at radius 1 is 1.24 bits per heavy atom. The van der Waals surface area contributed by atoms with Crippen molar-refractivity contribution in [2.24, 2.45) is 0 Å². The number of amides is 1. The van der Waals surface area contributed by atoms with E-state index in [4.69, 9.17) is 16.3 Å². The SMILES string of the molecule is CCS(=O)(=O)c1ccc(Cl)cc1CNC(=O)c1ccc(OC2CCCNC2)c(C(F)(F)F)c1. The number of benzene rings is 2. The zero-order chi connectivity index (χ0) is 24.2. The Kier molecular flexibility index (Phi) is 7.92. The van der Waals surface area contributed by atoms with Crippen molar-refractivity contribution in [3.05, 3.63) is 58.1 Å². The minimum atomic E-state index is -4.72. The summed E-state index contributed by atoms with van der Waals surface area (Å²) in [7, 11) is -3.58. The van der Waals surface area contributed by atoms with Crippen molar-refractivity contribution in [3.8, 4) is 5.75 Å². The number of hydrogen-bond acceptors (Lipinski definition) is 5. The van der Waals surface area contributed by atoms with Gasteiger partial charge in [0.2, 0.25) is 0 Å². The van der Waals surface area contributed by atoms with Crippen LogP contribution in [0.5, 0.6) is 5.75 Å². The van der Waals surface area contributed by atoms with Crippen LogP contribution in [0.4, 0.5) is 13.2 Å². The van der Waals surface area contributed by atoms with Gasteiger partial charge in [0.25, 0.3) is 5.91 Å². The van der Waals surface area contributed by atoms with Gasteiger partial charge in [-0.1, -0.05) is 18.5 Å². The summed E-state index contributed by atoms with van der Waals surface area (Å²) in [5, 5.41) is 5.82. The first-order valence-corrected chi connectivity index (χ1v) is 12.4. The van der Waals surface area contributed by atoms with E-state index in [1.54, 1.807) is 0 Å². The average Bonchev–Trinajstić information content (AvgIpc) is 2.77.